The Labute approximate surface area is 122 Å². The third-order valence-corrected chi connectivity index (χ3v) is 3.75. The molecule has 0 saturated heterocycles. The molecule has 1 atom stereocenters. The molecule has 1 unspecified atom stereocenters. The molecule has 0 aliphatic rings. The van der Waals surface area contributed by atoms with E-state index in [2.05, 4.69) is 62.2 Å². The molecule has 0 fully saturated rings. The standard InChI is InChI=1S/C18H24N2/c1-4-14-5-10-17(20-12-14)11-18(19)16-8-6-15(7-9-16)13(2)3/h5-10,12-13,18H,4,11,19H2,1-3H3. The summed E-state index contributed by atoms with van der Waals surface area (Å²) < 4.78 is 0. The predicted molar refractivity (Wildman–Crippen MR) is 84.8 cm³/mol. The Hall–Kier alpha value is -1.67. The van der Waals surface area contributed by atoms with Crippen molar-refractivity contribution in [1.82, 2.24) is 4.98 Å². The number of hydrogen-bond donors (Lipinski definition) is 1. The fraction of sp³-hybridized carbons (Fsp3) is 0.389. The lowest BCUT2D eigenvalue weighted by Gasteiger charge is -2.13. The van der Waals surface area contributed by atoms with Gasteiger partial charge in [-0.15, -0.1) is 0 Å². The van der Waals surface area contributed by atoms with Crippen LogP contribution in [0.4, 0.5) is 0 Å². The molecule has 2 rings (SSSR count). The molecule has 0 spiro atoms. The van der Waals surface area contributed by atoms with Crippen LogP contribution in [0, 0.1) is 0 Å². The van der Waals surface area contributed by atoms with Gasteiger partial charge in [0, 0.05) is 24.4 Å². The van der Waals surface area contributed by atoms with Crippen molar-refractivity contribution in [3.8, 4) is 0 Å². The van der Waals surface area contributed by atoms with Gasteiger partial charge in [-0.1, -0.05) is 51.1 Å². The lowest BCUT2D eigenvalue weighted by atomic mass is 9.97. The monoisotopic (exact) mass is 268 g/mol. The van der Waals surface area contributed by atoms with Crippen molar-refractivity contribution in [2.45, 2.75) is 45.6 Å². The number of rotatable bonds is 5. The number of aryl methyl sites for hydroxylation is 1. The van der Waals surface area contributed by atoms with Crippen molar-refractivity contribution < 1.29 is 0 Å². The zero-order chi connectivity index (χ0) is 14.5. The molecule has 1 aromatic carbocycles. The Morgan fingerprint density at radius 2 is 1.65 bits per heavy atom. The van der Waals surface area contributed by atoms with Crippen molar-refractivity contribution >= 4 is 0 Å². The van der Waals surface area contributed by atoms with Crippen LogP contribution in [-0.4, -0.2) is 4.98 Å². The molecule has 106 valence electrons. The van der Waals surface area contributed by atoms with Crippen LogP contribution >= 0.6 is 0 Å². The normalized spacial score (nSPS) is 12.7. The quantitative estimate of drug-likeness (QED) is 0.890. The highest BCUT2D eigenvalue weighted by atomic mass is 14.7. The van der Waals surface area contributed by atoms with Gasteiger partial charge in [0.05, 0.1) is 0 Å². The highest BCUT2D eigenvalue weighted by molar-refractivity contribution is 5.27. The van der Waals surface area contributed by atoms with Crippen LogP contribution in [0.5, 0.6) is 0 Å². The minimum atomic E-state index is 0.0104. The molecular formula is C18H24N2. The lowest BCUT2D eigenvalue weighted by Crippen LogP contribution is -2.14. The average Bonchev–Trinajstić information content (AvgIpc) is 2.48. The van der Waals surface area contributed by atoms with Crippen LogP contribution in [0.2, 0.25) is 0 Å². The summed E-state index contributed by atoms with van der Waals surface area (Å²) in [5.74, 6) is 0.559. The Balaban J connectivity index is 2.04. The summed E-state index contributed by atoms with van der Waals surface area (Å²) >= 11 is 0. The molecule has 0 amide bonds. The zero-order valence-corrected chi connectivity index (χ0v) is 12.6. The van der Waals surface area contributed by atoms with Gasteiger partial charge >= 0.3 is 0 Å². The fourth-order valence-electron chi connectivity index (χ4n) is 2.26. The molecular weight excluding hydrogens is 244 g/mol. The van der Waals surface area contributed by atoms with E-state index in [4.69, 9.17) is 5.73 Å². The minimum absolute atomic E-state index is 0.0104. The maximum atomic E-state index is 6.28. The SMILES string of the molecule is CCc1ccc(CC(N)c2ccc(C(C)C)cc2)nc1. The number of benzene rings is 1. The van der Waals surface area contributed by atoms with Crippen molar-refractivity contribution in [3.63, 3.8) is 0 Å². The van der Waals surface area contributed by atoms with Gasteiger partial charge in [0.25, 0.3) is 0 Å². The third kappa shape index (κ3) is 3.67. The van der Waals surface area contributed by atoms with Crippen molar-refractivity contribution in [2.24, 2.45) is 5.73 Å². The summed E-state index contributed by atoms with van der Waals surface area (Å²) in [6, 6.07) is 12.9. The van der Waals surface area contributed by atoms with Crippen molar-refractivity contribution in [3.05, 3.63) is 65.0 Å². The van der Waals surface area contributed by atoms with Crippen LogP contribution < -0.4 is 5.73 Å². The second-order valence-corrected chi connectivity index (χ2v) is 5.64. The zero-order valence-electron chi connectivity index (χ0n) is 12.6. The van der Waals surface area contributed by atoms with Gasteiger partial charge < -0.3 is 5.73 Å². The smallest absolute Gasteiger partial charge is 0.0422 e. The number of pyridine rings is 1. The molecule has 0 radical (unpaired) electrons. The summed E-state index contributed by atoms with van der Waals surface area (Å²) in [7, 11) is 0. The molecule has 2 N–H and O–H groups in total. The van der Waals surface area contributed by atoms with Crippen LogP contribution in [0.3, 0.4) is 0 Å². The first kappa shape index (κ1) is 14.7. The van der Waals surface area contributed by atoms with E-state index < -0.39 is 0 Å². The van der Waals surface area contributed by atoms with E-state index in [1.54, 1.807) is 0 Å². The first-order chi connectivity index (χ1) is 9.60. The molecule has 2 nitrogen and oxygen atoms in total. The molecule has 2 heteroatoms. The van der Waals surface area contributed by atoms with Crippen LogP contribution in [-0.2, 0) is 12.8 Å². The molecule has 0 saturated carbocycles. The Kier molecular flexibility index (Phi) is 4.91. The third-order valence-electron chi connectivity index (χ3n) is 3.75. The van der Waals surface area contributed by atoms with Crippen LogP contribution in [0.15, 0.2) is 42.6 Å². The van der Waals surface area contributed by atoms with Gasteiger partial charge in [-0.25, -0.2) is 0 Å². The molecule has 1 aromatic heterocycles. The number of hydrogen-bond acceptors (Lipinski definition) is 2. The number of aromatic nitrogens is 1. The van der Waals surface area contributed by atoms with E-state index in [9.17, 15) is 0 Å². The molecule has 20 heavy (non-hydrogen) atoms. The Bertz CT molecular complexity index is 526. The fourth-order valence-corrected chi connectivity index (χ4v) is 2.26. The van der Waals surface area contributed by atoms with Gasteiger partial charge in [0.2, 0.25) is 0 Å². The van der Waals surface area contributed by atoms with Crippen LogP contribution in [0.25, 0.3) is 0 Å². The number of nitrogens with two attached hydrogens (primary N) is 1. The lowest BCUT2D eigenvalue weighted by molar-refractivity contribution is 0.704. The van der Waals surface area contributed by atoms with Crippen molar-refractivity contribution in [2.75, 3.05) is 0 Å². The largest absolute Gasteiger partial charge is 0.324 e. The Morgan fingerprint density at radius 1 is 1.00 bits per heavy atom. The second-order valence-electron chi connectivity index (χ2n) is 5.64. The van der Waals surface area contributed by atoms with E-state index >= 15 is 0 Å². The summed E-state index contributed by atoms with van der Waals surface area (Å²) in [6.45, 7) is 6.54. The highest BCUT2D eigenvalue weighted by Crippen LogP contribution is 2.19. The maximum Gasteiger partial charge on any atom is 0.0422 e. The van der Waals surface area contributed by atoms with Crippen molar-refractivity contribution in [1.29, 1.82) is 0 Å². The van der Waals surface area contributed by atoms with E-state index in [0.29, 0.717) is 5.92 Å². The van der Waals surface area contributed by atoms with E-state index in [1.807, 2.05) is 6.20 Å². The highest BCUT2D eigenvalue weighted by Gasteiger charge is 2.08. The number of nitrogens with zero attached hydrogens (tertiary/aromatic N) is 1. The minimum Gasteiger partial charge on any atom is -0.324 e. The van der Waals surface area contributed by atoms with Gasteiger partial charge in [-0.2, -0.15) is 0 Å². The van der Waals surface area contributed by atoms with Crippen LogP contribution in [0.1, 0.15) is 55.1 Å². The summed E-state index contributed by atoms with van der Waals surface area (Å²) in [5, 5.41) is 0. The molecule has 0 aliphatic carbocycles. The average molecular weight is 268 g/mol. The molecule has 2 aromatic rings. The first-order valence-electron chi connectivity index (χ1n) is 7.39. The van der Waals surface area contributed by atoms with Gasteiger partial charge in [-0.05, 0) is 35.1 Å². The molecule has 0 bridgehead atoms. The van der Waals surface area contributed by atoms with Gasteiger partial charge in [-0.3, -0.25) is 4.98 Å². The molecule has 0 aliphatic heterocycles. The maximum absolute atomic E-state index is 6.28. The first-order valence-corrected chi connectivity index (χ1v) is 7.39. The second kappa shape index (κ2) is 6.67. The topological polar surface area (TPSA) is 38.9 Å². The molecule has 1 heterocycles. The van der Waals surface area contributed by atoms with E-state index in [1.165, 1.54) is 16.7 Å². The van der Waals surface area contributed by atoms with Gasteiger partial charge in [0.15, 0.2) is 0 Å². The summed E-state index contributed by atoms with van der Waals surface area (Å²) in [6.07, 6.45) is 3.75. The predicted octanol–water partition coefficient (Wildman–Crippen LogP) is 4.01. The van der Waals surface area contributed by atoms with E-state index in [-0.39, 0.29) is 6.04 Å². The Morgan fingerprint density at radius 3 is 2.15 bits per heavy atom. The van der Waals surface area contributed by atoms with Gasteiger partial charge in [0.1, 0.15) is 0 Å². The van der Waals surface area contributed by atoms with E-state index in [0.717, 1.165) is 18.5 Å². The summed E-state index contributed by atoms with van der Waals surface area (Å²) in [4.78, 5) is 4.48. The summed E-state index contributed by atoms with van der Waals surface area (Å²) in [5.41, 5.74) is 11.1.